The Bertz CT molecular complexity index is 542. The summed E-state index contributed by atoms with van der Waals surface area (Å²) >= 11 is 0. The monoisotopic (exact) mass is 254 g/mol. The highest BCUT2D eigenvalue weighted by Gasteiger charge is 2.09. The fourth-order valence-corrected chi connectivity index (χ4v) is 3.27. The molecule has 0 aliphatic heterocycles. The van der Waals surface area contributed by atoms with Crippen LogP contribution in [0.5, 0.6) is 11.5 Å². The van der Waals surface area contributed by atoms with Crippen molar-refractivity contribution < 1.29 is 9.47 Å². The zero-order valence-corrected chi connectivity index (χ0v) is 10.5. The number of methoxy groups -OCH3 is 2. The van der Waals surface area contributed by atoms with Gasteiger partial charge in [0.2, 0.25) is 4.74 Å². The van der Waals surface area contributed by atoms with Gasteiger partial charge in [-0.3, -0.25) is 4.79 Å². The highest BCUT2D eigenvalue weighted by molar-refractivity contribution is 7.69. The smallest absolute Gasteiger partial charge is 0.243 e. The molecule has 0 amide bonds. The van der Waals surface area contributed by atoms with E-state index in [4.69, 9.17) is 9.47 Å². The van der Waals surface area contributed by atoms with Crippen LogP contribution < -0.4 is 14.2 Å². The van der Waals surface area contributed by atoms with E-state index in [1.165, 1.54) is 20.7 Å². The highest BCUT2D eigenvalue weighted by Crippen LogP contribution is 2.35. The SMILES string of the molecule is COc1ccc(-c2cc(=O)ss2)c(OC)c1. The lowest BCUT2D eigenvalue weighted by molar-refractivity contribution is 0.395. The van der Waals surface area contributed by atoms with Crippen molar-refractivity contribution in [3.05, 3.63) is 33.8 Å². The molecule has 0 aliphatic rings. The minimum atomic E-state index is 0.0675. The van der Waals surface area contributed by atoms with E-state index >= 15 is 0 Å². The Labute approximate surface area is 100 Å². The van der Waals surface area contributed by atoms with Crippen molar-refractivity contribution in [3.63, 3.8) is 0 Å². The maximum atomic E-state index is 11.1. The van der Waals surface area contributed by atoms with E-state index in [1.54, 1.807) is 20.3 Å². The highest BCUT2D eigenvalue weighted by atomic mass is 32.9. The predicted octanol–water partition coefficient (Wildman–Crippen LogP) is 2.85. The zero-order chi connectivity index (χ0) is 11.5. The summed E-state index contributed by atoms with van der Waals surface area (Å²) in [6, 6.07) is 7.19. The molecule has 0 aliphatic carbocycles. The molecule has 16 heavy (non-hydrogen) atoms. The van der Waals surface area contributed by atoms with Crippen molar-refractivity contribution >= 4 is 20.7 Å². The van der Waals surface area contributed by atoms with Gasteiger partial charge in [-0.25, -0.2) is 0 Å². The third kappa shape index (κ3) is 2.10. The van der Waals surface area contributed by atoms with E-state index in [1.807, 2.05) is 18.2 Å². The summed E-state index contributed by atoms with van der Waals surface area (Å²) in [6.07, 6.45) is 0. The number of hydrogen-bond acceptors (Lipinski definition) is 5. The van der Waals surface area contributed by atoms with Crippen LogP contribution in [0, 0.1) is 0 Å². The van der Waals surface area contributed by atoms with Crippen LogP contribution in [0.25, 0.3) is 10.4 Å². The van der Waals surface area contributed by atoms with Gasteiger partial charge in [0.15, 0.2) is 0 Å². The quantitative estimate of drug-likeness (QED) is 0.790. The van der Waals surface area contributed by atoms with E-state index in [9.17, 15) is 4.79 Å². The molecule has 0 saturated carbocycles. The summed E-state index contributed by atoms with van der Waals surface area (Å²) in [5.74, 6) is 1.46. The molecule has 0 unspecified atom stereocenters. The molecule has 0 N–H and O–H groups in total. The van der Waals surface area contributed by atoms with Gasteiger partial charge in [-0.1, -0.05) is 10.3 Å². The van der Waals surface area contributed by atoms with E-state index in [0.717, 1.165) is 16.2 Å². The van der Waals surface area contributed by atoms with Gasteiger partial charge in [0.25, 0.3) is 0 Å². The van der Waals surface area contributed by atoms with Gasteiger partial charge in [-0.15, -0.1) is 0 Å². The summed E-state index contributed by atoms with van der Waals surface area (Å²) in [5, 5.41) is 0. The van der Waals surface area contributed by atoms with Gasteiger partial charge in [0, 0.05) is 17.7 Å². The maximum Gasteiger partial charge on any atom is 0.243 e. The van der Waals surface area contributed by atoms with Crippen molar-refractivity contribution in [1.82, 2.24) is 0 Å². The van der Waals surface area contributed by atoms with Crippen molar-refractivity contribution in [2.24, 2.45) is 0 Å². The Balaban J connectivity index is 2.52. The Kier molecular flexibility index (Phi) is 3.26. The molecular formula is C11H10O3S2. The first-order valence-electron chi connectivity index (χ1n) is 4.57. The third-order valence-corrected chi connectivity index (χ3v) is 4.30. The lowest BCUT2D eigenvalue weighted by Crippen LogP contribution is -1.90. The Morgan fingerprint density at radius 2 is 1.88 bits per heavy atom. The van der Waals surface area contributed by atoms with Crippen LogP contribution >= 0.6 is 20.7 Å². The third-order valence-electron chi connectivity index (χ3n) is 2.14. The van der Waals surface area contributed by atoms with Crippen molar-refractivity contribution in [2.75, 3.05) is 14.2 Å². The topological polar surface area (TPSA) is 35.5 Å². The summed E-state index contributed by atoms with van der Waals surface area (Å²) in [6.45, 7) is 0. The molecule has 3 nitrogen and oxygen atoms in total. The molecule has 0 saturated heterocycles. The second-order valence-electron chi connectivity index (χ2n) is 3.06. The molecule has 0 fully saturated rings. The first-order chi connectivity index (χ1) is 7.74. The van der Waals surface area contributed by atoms with Crippen molar-refractivity contribution in [3.8, 4) is 21.9 Å². The van der Waals surface area contributed by atoms with Crippen molar-refractivity contribution in [2.45, 2.75) is 0 Å². The Morgan fingerprint density at radius 1 is 1.06 bits per heavy atom. The Hall–Kier alpha value is -1.33. The second kappa shape index (κ2) is 4.67. The van der Waals surface area contributed by atoms with E-state index in [-0.39, 0.29) is 4.74 Å². The van der Waals surface area contributed by atoms with Crippen LogP contribution in [-0.4, -0.2) is 14.2 Å². The lowest BCUT2D eigenvalue weighted by Gasteiger charge is -2.08. The molecule has 2 rings (SSSR count). The maximum absolute atomic E-state index is 11.1. The van der Waals surface area contributed by atoms with Gasteiger partial charge in [0.1, 0.15) is 11.5 Å². The number of ether oxygens (including phenoxy) is 2. The molecule has 1 aromatic heterocycles. The molecule has 1 heterocycles. The Morgan fingerprint density at radius 3 is 2.44 bits per heavy atom. The second-order valence-corrected chi connectivity index (χ2v) is 5.24. The molecule has 0 radical (unpaired) electrons. The molecular weight excluding hydrogens is 244 g/mol. The van der Waals surface area contributed by atoms with Crippen LogP contribution in [0.3, 0.4) is 0 Å². The standard InChI is InChI=1S/C11H10O3S2/c1-13-7-3-4-8(9(5-7)14-2)10-6-11(12)16-15-10/h3-6H,1-2H3. The number of hydrogen-bond donors (Lipinski definition) is 0. The van der Waals surface area contributed by atoms with Crippen molar-refractivity contribution in [1.29, 1.82) is 0 Å². The summed E-state index contributed by atoms with van der Waals surface area (Å²) in [5.41, 5.74) is 0.923. The van der Waals surface area contributed by atoms with E-state index in [2.05, 4.69) is 0 Å². The average Bonchev–Trinajstić information content (AvgIpc) is 2.74. The average molecular weight is 254 g/mol. The molecule has 0 spiro atoms. The van der Waals surface area contributed by atoms with Gasteiger partial charge in [0.05, 0.1) is 19.1 Å². The van der Waals surface area contributed by atoms with Crippen LogP contribution in [0.15, 0.2) is 29.1 Å². The largest absolute Gasteiger partial charge is 0.497 e. The molecule has 1 aromatic carbocycles. The number of benzene rings is 1. The van der Waals surface area contributed by atoms with Crippen LogP contribution in [0.4, 0.5) is 0 Å². The first-order valence-corrected chi connectivity index (χ1v) is 6.72. The molecule has 5 heteroatoms. The molecule has 84 valence electrons. The predicted molar refractivity (Wildman–Crippen MR) is 67.0 cm³/mol. The minimum Gasteiger partial charge on any atom is -0.497 e. The van der Waals surface area contributed by atoms with Crippen LogP contribution in [0.2, 0.25) is 0 Å². The minimum absolute atomic E-state index is 0.0675. The summed E-state index contributed by atoms with van der Waals surface area (Å²) in [7, 11) is 5.89. The zero-order valence-electron chi connectivity index (χ0n) is 8.85. The normalized spacial score (nSPS) is 10.1. The summed E-state index contributed by atoms with van der Waals surface area (Å²) < 4.78 is 10.5. The van der Waals surface area contributed by atoms with E-state index in [0.29, 0.717) is 5.75 Å². The molecule has 0 atom stereocenters. The van der Waals surface area contributed by atoms with E-state index < -0.39 is 0 Å². The fraction of sp³-hybridized carbons (Fsp3) is 0.182. The molecule has 0 bridgehead atoms. The van der Waals surface area contributed by atoms with Crippen LogP contribution in [-0.2, 0) is 0 Å². The summed E-state index contributed by atoms with van der Waals surface area (Å²) in [4.78, 5) is 12.1. The van der Waals surface area contributed by atoms with Crippen LogP contribution in [0.1, 0.15) is 0 Å². The van der Waals surface area contributed by atoms with Gasteiger partial charge >= 0.3 is 0 Å². The van der Waals surface area contributed by atoms with Gasteiger partial charge < -0.3 is 9.47 Å². The van der Waals surface area contributed by atoms with Gasteiger partial charge in [-0.05, 0) is 22.5 Å². The van der Waals surface area contributed by atoms with Gasteiger partial charge in [-0.2, -0.15) is 0 Å². The lowest BCUT2D eigenvalue weighted by atomic mass is 10.1. The molecule has 2 aromatic rings. The number of rotatable bonds is 3. The first kappa shape index (κ1) is 11.2. The fourth-order valence-electron chi connectivity index (χ4n) is 1.37.